The molecule has 1 aliphatic rings. The van der Waals surface area contributed by atoms with Crippen molar-refractivity contribution in [2.24, 2.45) is 7.05 Å². The van der Waals surface area contributed by atoms with E-state index in [1.807, 2.05) is 29.6 Å². The maximum atomic E-state index is 12.7. The largest absolute Gasteiger partial charge is 0.337 e. The first kappa shape index (κ1) is 15.1. The van der Waals surface area contributed by atoms with E-state index in [4.69, 9.17) is 0 Å². The highest BCUT2D eigenvalue weighted by atomic mass is 32.1. The number of aryl methyl sites for hydroxylation is 1. The van der Waals surface area contributed by atoms with Gasteiger partial charge in [0.05, 0.1) is 6.20 Å². The molecule has 0 bridgehead atoms. The molecule has 1 aliphatic heterocycles. The van der Waals surface area contributed by atoms with Crippen LogP contribution in [0.1, 0.15) is 28.4 Å². The number of carbonyl (C=O) groups excluding carboxylic acids is 1. The third-order valence-electron chi connectivity index (χ3n) is 4.42. The van der Waals surface area contributed by atoms with Crippen molar-refractivity contribution in [1.82, 2.24) is 19.7 Å². The van der Waals surface area contributed by atoms with Gasteiger partial charge in [-0.05, 0) is 12.0 Å². The second kappa shape index (κ2) is 6.20. The average molecular weight is 338 g/mol. The Kier molecular flexibility index (Phi) is 3.90. The monoisotopic (exact) mass is 338 g/mol. The minimum absolute atomic E-state index is 0.0276. The first-order valence-corrected chi connectivity index (χ1v) is 8.87. The van der Waals surface area contributed by atoms with E-state index in [1.54, 1.807) is 10.9 Å². The summed E-state index contributed by atoms with van der Waals surface area (Å²) >= 11 is 1.49. The van der Waals surface area contributed by atoms with Crippen molar-refractivity contribution in [3.63, 3.8) is 0 Å². The molecular weight excluding hydrogens is 320 g/mol. The van der Waals surface area contributed by atoms with Gasteiger partial charge in [-0.1, -0.05) is 30.3 Å². The summed E-state index contributed by atoms with van der Waals surface area (Å²) in [6, 6.07) is 10.4. The van der Waals surface area contributed by atoms with E-state index in [0.717, 1.165) is 30.1 Å². The molecule has 1 amide bonds. The van der Waals surface area contributed by atoms with Crippen molar-refractivity contribution in [2.75, 3.05) is 13.1 Å². The van der Waals surface area contributed by atoms with E-state index in [9.17, 15) is 4.79 Å². The maximum Gasteiger partial charge on any atom is 0.273 e. The third-order valence-corrected chi connectivity index (χ3v) is 5.31. The van der Waals surface area contributed by atoms with Crippen molar-refractivity contribution >= 4 is 17.2 Å². The lowest BCUT2D eigenvalue weighted by molar-refractivity contribution is 0.0786. The van der Waals surface area contributed by atoms with Crippen LogP contribution >= 0.6 is 11.3 Å². The Bertz CT molecular complexity index is 855. The van der Waals surface area contributed by atoms with Crippen LogP contribution in [0, 0.1) is 0 Å². The fraction of sp³-hybridized carbons (Fsp3) is 0.278. The van der Waals surface area contributed by atoms with E-state index in [2.05, 4.69) is 34.3 Å². The number of carbonyl (C=O) groups is 1. The summed E-state index contributed by atoms with van der Waals surface area (Å²) in [6.07, 6.45) is 4.69. The predicted octanol–water partition coefficient (Wildman–Crippen LogP) is 3.17. The molecule has 24 heavy (non-hydrogen) atoms. The average Bonchev–Trinajstić information content (AvgIpc) is 3.35. The van der Waals surface area contributed by atoms with Crippen LogP contribution in [0.5, 0.6) is 0 Å². The van der Waals surface area contributed by atoms with Gasteiger partial charge in [-0.25, -0.2) is 4.98 Å². The van der Waals surface area contributed by atoms with Gasteiger partial charge in [0.25, 0.3) is 5.91 Å². The summed E-state index contributed by atoms with van der Waals surface area (Å²) in [6.45, 7) is 1.56. The first-order valence-electron chi connectivity index (χ1n) is 7.99. The summed E-state index contributed by atoms with van der Waals surface area (Å²) in [7, 11) is 1.87. The van der Waals surface area contributed by atoms with Gasteiger partial charge in [0.15, 0.2) is 0 Å². The molecule has 4 rings (SSSR count). The second-order valence-electron chi connectivity index (χ2n) is 6.09. The Labute approximate surface area is 144 Å². The Morgan fingerprint density at radius 3 is 2.88 bits per heavy atom. The first-order chi connectivity index (χ1) is 11.7. The molecule has 1 atom stereocenters. The summed E-state index contributed by atoms with van der Waals surface area (Å²) in [5.74, 6) is 0.450. The number of hydrogen-bond donors (Lipinski definition) is 0. The molecule has 0 spiro atoms. The fourth-order valence-corrected chi connectivity index (χ4v) is 3.91. The Balaban J connectivity index is 1.48. The number of benzene rings is 1. The minimum atomic E-state index is 0.0276. The molecule has 2 aromatic heterocycles. The summed E-state index contributed by atoms with van der Waals surface area (Å²) < 4.78 is 1.74. The molecule has 6 heteroatoms. The quantitative estimate of drug-likeness (QED) is 0.737. The van der Waals surface area contributed by atoms with Gasteiger partial charge in [-0.2, -0.15) is 5.10 Å². The van der Waals surface area contributed by atoms with Gasteiger partial charge in [-0.3, -0.25) is 9.48 Å². The highest BCUT2D eigenvalue weighted by Gasteiger charge is 2.29. The number of rotatable bonds is 3. The number of likely N-dealkylation sites (tertiary alicyclic amines) is 1. The Hall–Kier alpha value is -2.47. The molecule has 0 saturated carbocycles. The smallest absolute Gasteiger partial charge is 0.273 e. The van der Waals surface area contributed by atoms with Crippen molar-refractivity contribution < 1.29 is 4.79 Å². The summed E-state index contributed by atoms with van der Waals surface area (Å²) in [5.41, 5.74) is 2.79. The van der Waals surface area contributed by atoms with Gasteiger partial charge in [0.2, 0.25) is 0 Å². The van der Waals surface area contributed by atoms with Crippen molar-refractivity contribution in [2.45, 2.75) is 12.3 Å². The molecule has 3 aromatic rings. The Morgan fingerprint density at radius 1 is 1.29 bits per heavy atom. The van der Waals surface area contributed by atoms with Crippen LogP contribution in [0.3, 0.4) is 0 Å². The van der Waals surface area contributed by atoms with Crippen LogP contribution in [-0.2, 0) is 7.05 Å². The van der Waals surface area contributed by atoms with Crippen molar-refractivity contribution in [3.8, 4) is 10.6 Å². The van der Waals surface area contributed by atoms with Gasteiger partial charge in [0, 0.05) is 43.2 Å². The Morgan fingerprint density at radius 2 is 2.12 bits per heavy atom. The van der Waals surface area contributed by atoms with Crippen molar-refractivity contribution in [1.29, 1.82) is 0 Å². The maximum absolute atomic E-state index is 12.7. The van der Waals surface area contributed by atoms with E-state index >= 15 is 0 Å². The molecule has 1 saturated heterocycles. The molecular formula is C18H18N4OS. The molecule has 0 N–H and O–H groups in total. The number of thiazole rings is 1. The van der Waals surface area contributed by atoms with E-state index in [-0.39, 0.29) is 5.91 Å². The van der Waals surface area contributed by atoms with Crippen molar-refractivity contribution in [3.05, 3.63) is 59.4 Å². The normalized spacial score (nSPS) is 17.4. The van der Waals surface area contributed by atoms with Gasteiger partial charge in [-0.15, -0.1) is 11.3 Å². The molecule has 0 aliphatic carbocycles. The summed E-state index contributed by atoms with van der Waals surface area (Å²) in [4.78, 5) is 19.1. The van der Waals surface area contributed by atoms with Gasteiger partial charge in [0.1, 0.15) is 10.7 Å². The van der Waals surface area contributed by atoms with Gasteiger partial charge >= 0.3 is 0 Å². The van der Waals surface area contributed by atoms with Gasteiger partial charge < -0.3 is 4.90 Å². The number of nitrogens with zero attached hydrogens (tertiary/aromatic N) is 4. The SMILES string of the molecule is Cn1cc(-c2nc(C(=O)N3CC[C@@H](c4ccccc4)C3)cs2)cn1. The van der Waals surface area contributed by atoms with Crippen LogP contribution in [0.4, 0.5) is 0 Å². The zero-order valence-corrected chi connectivity index (χ0v) is 14.2. The zero-order valence-electron chi connectivity index (χ0n) is 13.4. The molecule has 0 unspecified atom stereocenters. The molecule has 3 heterocycles. The van der Waals surface area contributed by atoms with E-state index in [0.29, 0.717) is 11.6 Å². The van der Waals surface area contributed by atoms with Crippen LogP contribution in [-0.4, -0.2) is 38.7 Å². The molecule has 1 aromatic carbocycles. The molecule has 5 nitrogen and oxygen atoms in total. The molecule has 0 radical (unpaired) electrons. The lowest BCUT2D eigenvalue weighted by atomic mass is 9.99. The number of hydrogen-bond acceptors (Lipinski definition) is 4. The lowest BCUT2D eigenvalue weighted by Crippen LogP contribution is -2.28. The number of aromatic nitrogens is 3. The standard InChI is InChI=1S/C18H18N4OS/c1-21-10-15(9-19-21)17-20-16(12-24-17)18(23)22-8-7-14(11-22)13-5-3-2-4-6-13/h2-6,9-10,12,14H,7-8,11H2,1H3/t14-/m1/s1. The molecule has 122 valence electrons. The van der Waals surface area contributed by atoms with Crippen LogP contribution in [0.2, 0.25) is 0 Å². The zero-order chi connectivity index (χ0) is 16.5. The van der Waals surface area contributed by atoms with Crippen LogP contribution in [0.15, 0.2) is 48.1 Å². The molecule has 1 fully saturated rings. The fourth-order valence-electron chi connectivity index (χ4n) is 3.14. The summed E-state index contributed by atoms with van der Waals surface area (Å²) in [5, 5.41) is 6.84. The second-order valence-corrected chi connectivity index (χ2v) is 6.95. The highest BCUT2D eigenvalue weighted by molar-refractivity contribution is 7.13. The topological polar surface area (TPSA) is 51.0 Å². The van der Waals surface area contributed by atoms with E-state index in [1.165, 1.54) is 16.9 Å². The third kappa shape index (κ3) is 2.85. The van der Waals surface area contributed by atoms with Crippen LogP contribution < -0.4 is 0 Å². The minimum Gasteiger partial charge on any atom is -0.337 e. The number of amides is 1. The highest BCUT2D eigenvalue weighted by Crippen LogP contribution is 2.29. The van der Waals surface area contributed by atoms with E-state index < -0.39 is 0 Å². The lowest BCUT2D eigenvalue weighted by Gasteiger charge is -2.15. The van der Waals surface area contributed by atoms with Crippen LogP contribution in [0.25, 0.3) is 10.6 Å². The predicted molar refractivity (Wildman–Crippen MR) is 94.0 cm³/mol.